The number of ether oxygens (including phenoxy) is 2. The Morgan fingerprint density at radius 2 is 2.03 bits per heavy atom. The number of nitrogens with one attached hydrogen (secondary N) is 2. The normalized spacial score (nSPS) is 16.8. The third kappa shape index (κ3) is 7.08. The van der Waals surface area contributed by atoms with E-state index in [0.29, 0.717) is 29.7 Å². The van der Waals surface area contributed by atoms with Gasteiger partial charge in [0.1, 0.15) is 17.4 Å². The number of carbonyl (C=O) groups excluding carboxylic acids is 2. The topological polar surface area (TPSA) is 109 Å². The molecule has 10 nitrogen and oxygen atoms in total. The molecule has 0 saturated carbocycles. The Morgan fingerprint density at radius 3 is 2.73 bits per heavy atom. The van der Waals surface area contributed by atoms with Gasteiger partial charge in [-0.2, -0.15) is 4.83 Å². The van der Waals surface area contributed by atoms with Crippen LogP contribution in [0, 0.1) is 6.92 Å². The van der Waals surface area contributed by atoms with E-state index in [0.717, 1.165) is 41.5 Å². The molecular weight excluding hydrogens is 512 g/mol. The fourth-order valence-electron chi connectivity index (χ4n) is 3.97. The van der Waals surface area contributed by atoms with Crippen molar-refractivity contribution in [2.75, 3.05) is 30.8 Å². The largest absolute Gasteiger partial charge is 0.465 e. The van der Waals surface area contributed by atoms with Crippen LogP contribution in [-0.4, -0.2) is 62.7 Å². The highest BCUT2D eigenvalue weighted by Crippen LogP contribution is 2.37. The van der Waals surface area contributed by atoms with Crippen molar-refractivity contribution in [2.45, 2.75) is 51.0 Å². The van der Waals surface area contributed by atoms with Crippen LogP contribution in [0.15, 0.2) is 46.7 Å². The SMILES string of the molecule is CC(=O)OCCSc1cnc(NC2=CN(C3(C)CCN(C(C)=O)CC3)NS2)c(Oc2cccnc2C)c1. The highest BCUT2D eigenvalue weighted by molar-refractivity contribution is 8.01. The number of carbonyl (C=O) groups is 2. The van der Waals surface area contributed by atoms with E-state index >= 15 is 0 Å². The molecule has 0 spiro atoms. The molecule has 4 rings (SSSR count). The van der Waals surface area contributed by atoms with E-state index in [9.17, 15) is 9.59 Å². The Hall–Kier alpha value is -2.96. The Balaban J connectivity index is 1.49. The minimum Gasteiger partial charge on any atom is -0.465 e. The van der Waals surface area contributed by atoms with Gasteiger partial charge in [-0.05, 0) is 56.8 Å². The number of aryl methyl sites for hydroxylation is 1. The summed E-state index contributed by atoms with van der Waals surface area (Å²) in [6.45, 7) is 8.93. The summed E-state index contributed by atoms with van der Waals surface area (Å²) in [5.41, 5.74) is 0.665. The van der Waals surface area contributed by atoms with Gasteiger partial charge in [-0.1, -0.05) is 0 Å². The lowest BCUT2D eigenvalue weighted by Crippen LogP contribution is -2.54. The number of rotatable bonds is 9. The van der Waals surface area contributed by atoms with E-state index in [4.69, 9.17) is 9.47 Å². The third-order valence-corrected chi connectivity index (χ3v) is 7.92. The van der Waals surface area contributed by atoms with Crippen LogP contribution in [0.2, 0.25) is 0 Å². The first-order valence-electron chi connectivity index (χ1n) is 12.1. The fourth-order valence-corrected chi connectivity index (χ4v) is 5.47. The first kappa shape index (κ1) is 27.1. The average Bonchev–Trinajstić information content (AvgIpc) is 3.34. The Kier molecular flexibility index (Phi) is 8.83. The van der Waals surface area contributed by atoms with Gasteiger partial charge in [-0.25, -0.2) is 4.98 Å². The number of anilines is 1. The predicted molar refractivity (Wildman–Crippen MR) is 145 cm³/mol. The average molecular weight is 545 g/mol. The number of likely N-dealkylation sites (tertiary alicyclic amines) is 1. The summed E-state index contributed by atoms with van der Waals surface area (Å²) in [6.07, 6.45) is 7.28. The number of esters is 1. The second-order valence-electron chi connectivity index (χ2n) is 9.08. The number of pyridine rings is 2. The van der Waals surface area contributed by atoms with Crippen LogP contribution in [-0.2, 0) is 14.3 Å². The minimum absolute atomic E-state index is 0.107. The van der Waals surface area contributed by atoms with Crippen molar-refractivity contribution in [1.29, 1.82) is 0 Å². The molecule has 0 radical (unpaired) electrons. The summed E-state index contributed by atoms with van der Waals surface area (Å²) >= 11 is 3.00. The zero-order chi connectivity index (χ0) is 26.4. The number of hydrazine groups is 1. The molecule has 37 heavy (non-hydrogen) atoms. The zero-order valence-electron chi connectivity index (χ0n) is 21.4. The van der Waals surface area contributed by atoms with Crippen LogP contribution in [0.25, 0.3) is 0 Å². The summed E-state index contributed by atoms with van der Waals surface area (Å²) < 4.78 is 11.3. The van der Waals surface area contributed by atoms with E-state index in [1.807, 2.05) is 36.2 Å². The first-order chi connectivity index (χ1) is 17.7. The van der Waals surface area contributed by atoms with Gasteiger partial charge >= 0.3 is 5.97 Å². The van der Waals surface area contributed by atoms with E-state index < -0.39 is 0 Å². The number of nitrogens with zero attached hydrogens (tertiary/aromatic N) is 4. The summed E-state index contributed by atoms with van der Waals surface area (Å²) in [5.74, 6) is 2.23. The highest BCUT2D eigenvalue weighted by Gasteiger charge is 2.37. The smallest absolute Gasteiger partial charge is 0.302 e. The molecule has 0 unspecified atom stereocenters. The van der Waals surface area contributed by atoms with Gasteiger partial charge < -0.3 is 19.7 Å². The molecule has 1 fully saturated rings. The van der Waals surface area contributed by atoms with E-state index in [2.05, 4.69) is 32.0 Å². The predicted octanol–water partition coefficient (Wildman–Crippen LogP) is 4.31. The molecular formula is C25H32N6O4S2. The molecule has 4 heterocycles. The lowest BCUT2D eigenvalue weighted by molar-refractivity contribution is -0.140. The molecule has 2 aromatic heterocycles. The van der Waals surface area contributed by atoms with Gasteiger partial charge in [-0.3, -0.25) is 19.6 Å². The van der Waals surface area contributed by atoms with Crippen molar-refractivity contribution in [1.82, 2.24) is 24.7 Å². The standard InChI is InChI=1S/C25H32N6O4S2/c1-17-21(6-5-9-26-17)35-22-14-20(36-13-12-34-19(3)33)15-27-24(22)28-23-16-31(29-37-23)25(4)7-10-30(11-8-25)18(2)32/h5-6,9,14-16,29H,7-8,10-13H2,1-4H3,(H,27,28). The van der Waals surface area contributed by atoms with Crippen LogP contribution in [0.4, 0.5) is 5.82 Å². The van der Waals surface area contributed by atoms with Gasteiger partial charge in [0.05, 0.1) is 11.2 Å². The molecule has 2 aliphatic heterocycles. The highest BCUT2D eigenvalue weighted by atomic mass is 32.2. The second-order valence-corrected chi connectivity index (χ2v) is 11.1. The molecule has 2 aromatic rings. The van der Waals surface area contributed by atoms with Crippen molar-refractivity contribution >= 4 is 41.4 Å². The van der Waals surface area contributed by atoms with Crippen LogP contribution < -0.4 is 14.9 Å². The van der Waals surface area contributed by atoms with Crippen molar-refractivity contribution in [3.8, 4) is 11.5 Å². The third-order valence-electron chi connectivity index (χ3n) is 6.27. The van der Waals surface area contributed by atoms with Gasteiger partial charge in [0.15, 0.2) is 11.6 Å². The van der Waals surface area contributed by atoms with E-state index in [1.165, 1.54) is 30.6 Å². The van der Waals surface area contributed by atoms with Crippen LogP contribution in [0.5, 0.6) is 11.5 Å². The van der Waals surface area contributed by atoms with E-state index in [-0.39, 0.29) is 17.4 Å². The van der Waals surface area contributed by atoms with E-state index in [1.54, 1.807) is 19.3 Å². The lowest BCUT2D eigenvalue weighted by Gasteiger charge is -2.44. The number of piperidine rings is 1. The molecule has 0 aliphatic carbocycles. The van der Waals surface area contributed by atoms with Crippen molar-refractivity contribution in [3.05, 3.63) is 47.5 Å². The molecule has 1 amide bonds. The van der Waals surface area contributed by atoms with Crippen LogP contribution >= 0.6 is 23.7 Å². The minimum atomic E-state index is -0.294. The summed E-state index contributed by atoms with van der Waals surface area (Å²) in [5, 5.41) is 6.39. The summed E-state index contributed by atoms with van der Waals surface area (Å²) in [4.78, 5) is 37.9. The molecule has 0 atom stereocenters. The van der Waals surface area contributed by atoms with Crippen LogP contribution in [0.1, 0.15) is 39.3 Å². The number of thioether (sulfide) groups is 1. The summed E-state index contributed by atoms with van der Waals surface area (Å²) in [7, 11) is 0. The van der Waals surface area contributed by atoms with Gasteiger partial charge in [0, 0.05) is 56.2 Å². The number of aromatic nitrogens is 2. The monoisotopic (exact) mass is 544 g/mol. The lowest BCUT2D eigenvalue weighted by atomic mass is 9.89. The maximum absolute atomic E-state index is 11.7. The molecule has 1 saturated heterocycles. The quantitative estimate of drug-likeness (QED) is 0.204. The number of hydrogen-bond acceptors (Lipinski definition) is 11. The van der Waals surface area contributed by atoms with Gasteiger partial charge in [0.2, 0.25) is 5.91 Å². The second kappa shape index (κ2) is 12.1. The zero-order valence-corrected chi connectivity index (χ0v) is 23.1. The molecule has 12 heteroatoms. The van der Waals surface area contributed by atoms with Crippen molar-refractivity contribution < 1.29 is 19.1 Å². The summed E-state index contributed by atoms with van der Waals surface area (Å²) in [6, 6.07) is 5.62. The van der Waals surface area contributed by atoms with Crippen molar-refractivity contribution in [3.63, 3.8) is 0 Å². The van der Waals surface area contributed by atoms with Gasteiger partial charge in [-0.15, -0.1) is 11.8 Å². The first-order valence-corrected chi connectivity index (χ1v) is 13.9. The molecule has 0 aromatic carbocycles. The maximum atomic E-state index is 11.7. The Morgan fingerprint density at radius 1 is 1.24 bits per heavy atom. The maximum Gasteiger partial charge on any atom is 0.302 e. The van der Waals surface area contributed by atoms with Gasteiger partial charge in [0.25, 0.3) is 0 Å². The molecule has 198 valence electrons. The number of hydrogen-bond donors (Lipinski definition) is 2. The fraction of sp³-hybridized carbons (Fsp3) is 0.440. The van der Waals surface area contributed by atoms with Crippen LogP contribution in [0.3, 0.4) is 0 Å². The molecule has 0 bridgehead atoms. The Bertz CT molecular complexity index is 1170. The molecule has 2 aliphatic rings. The van der Waals surface area contributed by atoms with Crippen molar-refractivity contribution in [2.24, 2.45) is 0 Å². The Labute approximate surface area is 225 Å². The molecule has 2 N–H and O–H groups in total. The number of amides is 1.